The largest absolute Gasteiger partial charge is 0.295 e. The van der Waals surface area contributed by atoms with Gasteiger partial charge in [0.1, 0.15) is 5.65 Å². The van der Waals surface area contributed by atoms with E-state index in [9.17, 15) is 0 Å². The van der Waals surface area contributed by atoms with E-state index in [-0.39, 0.29) is 0 Å². The van der Waals surface area contributed by atoms with Crippen molar-refractivity contribution in [3.8, 4) is 0 Å². The molecule has 3 heterocycles. The second-order valence-electron chi connectivity index (χ2n) is 7.47. The van der Waals surface area contributed by atoms with Crippen molar-refractivity contribution in [2.75, 3.05) is 0 Å². The third-order valence-electron chi connectivity index (χ3n) is 6.05. The summed E-state index contributed by atoms with van der Waals surface area (Å²) in [4.78, 5) is 0. The maximum Gasteiger partial charge on any atom is 0.123 e. The quantitative estimate of drug-likeness (QED) is 0.282. The summed E-state index contributed by atoms with van der Waals surface area (Å²) in [7, 11) is 0. The van der Waals surface area contributed by atoms with E-state index in [1.165, 1.54) is 54.6 Å². The number of benzene rings is 4. The van der Waals surface area contributed by atoms with E-state index >= 15 is 0 Å². The molecule has 2 heteroatoms. The summed E-state index contributed by atoms with van der Waals surface area (Å²) in [6.45, 7) is 0. The number of para-hydroxylation sites is 4. The van der Waals surface area contributed by atoms with Crippen LogP contribution in [0.3, 0.4) is 0 Å². The molecular weight excluding hydrogens is 340 g/mol. The van der Waals surface area contributed by atoms with Crippen LogP contribution < -0.4 is 0 Å². The molecule has 4 aromatic carbocycles. The molecular formula is C26H16N2. The van der Waals surface area contributed by atoms with E-state index < -0.39 is 0 Å². The van der Waals surface area contributed by atoms with Crippen molar-refractivity contribution in [2.24, 2.45) is 0 Å². The lowest BCUT2D eigenvalue weighted by Gasteiger charge is -2.01. The molecule has 7 aromatic rings. The van der Waals surface area contributed by atoms with Gasteiger partial charge < -0.3 is 0 Å². The molecule has 0 amide bonds. The second kappa shape index (κ2) is 4.93. The minimum absolute atomic E-state index is 1.20. The fourth-order valence-electron chi connectivity index (χ4n) is 4.93. The van der Waals surface area contributed by atoms with Crippen LogP contribution in [0.4, 0.5) is 0 Å². The van der Waals surface area contributed by atoms with Gasteiger partial charge in [-0.3, -0.25) is 8.80 Å². The Morgan fingerprint density at radius 3 is 1.68 bits per heavy atom. The van der Waals surface area contributed by atoms with E-state index in [2.05, 4.69) is 106 Å². The average Bonchev–Trinajstić information content (AvgIpc) is 3.25. The zero-order chi connectivity index (χ0) is 18.2. The number of fused-ring (bicyclic) bond motifs is 10. The van der Waals surface area contributed by atoms with Crippen molar-refractivity contribution in [3.05, 3.63) is 97.1 Å². The smallest absolute Gasteiger partial charge is 0.123 e. The molecule has 28 heavy (non-hydrogen) atoms. The summed E-state index contributed by atoms with van der Waals surface area (Å²) >= 11 is 0. The van der Waals surface area contributed by atoms with Gasteiger partial charge in [0, 0.05) is 26.9 Å². The highest BCUT2D eigenvalue weighted by atomic mass is 15.1. The van der Waals surface area contributed by atoms with Gasteiger partial charge in [0.05, 0.1) is 22.1 Å². The number of rotatable bonds is 0. The second-order valence-corrected chi connectivity index (χ2v) is 7.47. The van der Waals surface area contributed by atoms with Crippen molar-refractivity contribution >= 4 is 54.6 Å². The van der Waals surface area contributed by atoms with E-state index in [4.69, 9.17) is 0 Å². The van der Waals surface area contributed by atoms with Crippen LogP contribution in [0.2, 0.25) is 0 Å². The van der Waals surface area contributed by atoms with Gasteiger partial charge in [-0.1, -0.05) is 72.8 Å². The van der Waals surface area contributed by atoms with E-state index in [1.54, 1.807) is 0 Å². The summed E-state index contributed by atoms with van der Waals surface area (Å²) in [6, 6.07) is 35.2. The van der Waals surface area contributed by atoms with Crippen LogP contribution >= 0.6 is 0 Å². The first kappa shape index (κ1) is 14.3. The van der Waals surface area contributed by atoms with E-state index in [1.807, 2.05) is 0 Å². The first-order valence-corrected chi connectivity index (χ1v) is 9.65. The van der Waals surface area contributed by atoms with Crippen molar-refractivity contribution in [1.82, 2.24) is 8.80 Å². The fourth-order valence-corrected chi connectivity index (χ4v) is 4.93. The molecule has 0 atom stereocenters. The summed E-state index contributed by atoms with van der Waals surface area (Å²) in [5, 5.41) is 6.43. The Bertz CT molecular complexity index is 1700. The number of aromatic nitrogens is 2. The average molecular weight is 356 g/mol. The van der Waals surface area contributed by atoms with Gasteiger partial charge in [0.15, 0.2) is 0 Å². The van der Waals surface area contributed by atoms with E-state index in [0.717, 1.165) is 0 Å². The zero-order valence-corrected chi connectivity index (χ0v) is 15.1. The highest BCUT2D eigenvalue weighted by Crippen LogP contribution is 2.37. The molecule has 0 unspecified atom stereocenters. The predicted octanol–water partition coefficient (Wildman–Crippen LogP) is 6.80. The molecule has 0 saturated heterocycles. The van der Waals surface area contributed by atoms with Crippen molar-refractivity contribution < 1.29 is 0 Å². The van der Waals surface area contributed by atoms with Crippen LogP contribution in [0, 0.1) is 0 Å². The third-order valence-corrected chi connectivity index (χ3v) is 6.05. The molecule has 2 nitrogen and oxygen atoms in total. The van der Waals surface area contributed by atoms with Gasteiger partial charge in [-0.15, -0.1) is 0 Å². The Morgan fingerprint density at radius 2 is 0.964 bits per heavy atom. The van der Waals surface area contributed by atoms with Crippen molar-refractivity contribution in [1.29, 1.82) is 0 Å². The van der Waals surface area contributed by atoms with Crippen molar-refractivity contribution in [2.45, 2.75) is 0 Å². The molecule has 0 aliphatic heterocycles. The van der Waals surface area contributed by atoms with Crippen molar-refractivity contribution in [3.63, 3.8) is 0 Å². The summed E-state index contributed by atoms with van der Waals surface area (Å²) in [5.41, 5.74) is 6.21. The first-order valence-electron chi connectivity index (χ1n) is 9.65. The topological polar surface area (TPSA) is 8.82 Å². The molecule has 0 N–H and O–H groups in total. The highest BCUT2D eigenvalue weighted by molar-refractivity contribution is 6.20. The summed E-state index contributed by atoms with van der Waals surface area (Å²) in [6.07, 6.45) is 0. The molecule has 0 bridgehead atoms. The van der Waals surface area contributed by atoms with Crippen LogP contribution in [-0.2, 0) is 0 Å². The monoisotopic (exact) mass is 356 g/mol. The normalized spacial score (nSPS) is 12.3. The Labute approximate surface area is 160 Å². The molecule has 0 aliphatic carbocycles. The molecule has 0 fully saturated rings. The molecule has 0 saturated carbocycles. The van der Waals surface area contributed by atoms with Crippen LogP contribution in [0.15, 0.2) is 97.1 Å². The lowest BCUT2D eigenvalue weighted by Crippen LogP contribution is -1.88. The lowest BCUT2D eigenvalue weighted by molar-refractivity contribution is 1.22. The third kappa shape index (κ3) is 1.59. The zero-order valence-electron chi connectivity index (χ0n) is 15.1. The van der Waals surface area contributed by atoms with Crippen LogP contribution in [0.25, 0.3) is 54.6 Å². The van der Waals surface area contributed by atoms with Crippen LogP contribution in [0.1, 0.15) is 0 Å². The van der Waals surface area contributed by atoms with Gasteiger partial charge in [-0.05, 0) is 24.3 Å². The molecule has 0 radical (unpaired) electrons. The summed E-state index contributed by atoms with van der Waals surface area (Å²) in [5.74, 6) is 0. The lowest BCUT2D eigenvalue weighted by atomic mass is 10.1. The van der Waals surface area contributed by atoms with Gasteiger partial charge in [0.2, 0.25) is 0 Å². The maximum absolute atomic E-state index is 2.44. The van der Waals surface area contributed by atoms with Crippen LogP contribution in [-0.4, -0.2) is 8.80 Å². The molecule has 0 spiro atoms. The molecule has 3 aromatic heterocycles. The van der Waals surface area contributed by atoms with Gasteiger partial charge in [-0.25, -0.2) is 0 Å². The summed E-state index contributed by atoms with van der Waals surface area (Å²) < 4.78 is 4.86. The van der Waals surface area contributed by atoms with Gasteiger partial charge in [-0.2, -0.15) is 0 Å². The molecule has 130 valence electrons. The number of hydrogen-bond acceptors (Lipinski definition) is 0. The van der Waals surface area contributed by atoms with Gasteiger partial charge in [0.25, 0.3) is 0 Å². The van der Waals surface area contributed by atoms with Crippen LogP contribution in [0.5, 0.6) is 0 Å². The number of nitrogens with zero attached hydrogens (tertiary/aromatic N) is 2. The predicted molar refractivity (Wildman–Crippen MR) is 118 cm³/mol. The minimum Gasteiger partial charge on any atom is -0.295 e. The van der Waals surface area contributed by atoms with Gasteiger partial charge >= 0.3 is 0 Å². The number of hydrogen-bond donors (Lipinski definition) is 0. The highest BCUT2D eigenvalue weighted by Gasteiger charge is 2.16. The maximum atomic E-state index is 2.44. The van der Waals surface area contributed by atoms with E-state index in [0.29, 0.717) is 0 Å². The standard InChI is InChI=1S/C26H16N2/c1-4-13-22-17(8-1)16-25-27(22)23-14-5-2-9-18(23)20-11-7-12-21-19-10-3-6-15-24(19)28(25)26(20)21/h1-16H. The molecule has 0 aliphatic rings. The Hall–Kier alpha value is -3.78. The Kier molecular flexibility index (Phi) is 2.52. The first-order chi connectivity index (χ1) is 13.9. The Morgan fingerprint density at radius 1 is 0.429 bits per heavy atom. The minimum atomic E-state index is 1.20. The Balaban J connectivity index is 2.02. The molecule has 7 rings (SSSR count). The fraction of sp³-hybridized carbons (Fsp3) is 0. The SMILES string of the molecule is c1ccc2c(c1)cc1n2c2ccccc2c2cccc3c4ccccc4n1c23.